The molecule has 1 saturated heterocycles. The van der Waals surface area contributed by atoms with Gasteiger partial charge in [0.15, 0.2) is 0 Å². The molecule has 0 saturated carbocycles. The van der Waals surface area contributed by atoms with Gasteiger partial charge in [0, 0.05) is 24.5 Å². The first-order valence-corrected chi connectivity index (χ1v) is 5.46. The summed E-state index contributed by atoms with van der Waals surface area (Å²) in [4.78, 5) is 13.7. The fraction of sp³-hybridized carbons (Fsp3) is 0.909. The lowest BCUT2D eigenvalue weighted by atomic mass is 9.89. The van der Waals surface area contributed by atoms with Crippen molar-refractivity contribution < 1.29 is 4.79 Å². The summed E-state index contributed by atoms with van der Waals surface area (Å²) in [5, 5.41) is 3.33. The predicted molar refractivity (Wildman–Crippen MR) is 58.1 cm³/mol. The van der Waals surface area contributed by atoms with Crippen molar-refractivity contribution in [3.8, 4) is 0 Å². The first kappa shape index (κ1) is 11.5. The molecule has 3 heteroatoms. The standard InChI is InChI=1S/C11H22N2O/c1-9(2)10(14)13-7-5-11(3,12-4)6-8-13/h9,12H,5-8H2,1-4H3. The van der Waals surface area contributed by atoms with Crippen molar-refractivity contribution in [3.63, 3.8) is 0 Å². The fourth-order valence-electron chi connectivity index (χ4n) is 1.84. The molecule has 1 heterocycles. The summed E-state index contributed by atoms with van der Waals surface area (Å²) in [5.41, 5.74) is 0.230. The van der Waals surface area contributed by atoms with E-state index in [-0.39, 0.29) is 11.5 Å². The summed E-state index contributed by atoms with van der Waals surface area (Å²) in [6.07, 6.45) is 2.11. The van der Waals surface area contributed by atoms with E-state index in [0.717, 1.165) is 25.9 Å². The molecule has 0 atom stereocenters. The zero-order chi connectivity index (χ0) is 10.8. The Morgan fingerprint density at radius 2 is 1.86 bits per heavy atom. The van der Waals surface area contributed by atoms with Gasteiger partial charge in [0.05, 0.1) is 0 Å². The minimum Gasteiger partial charge on any atom is -0.342 e. The summed E-state index contributed by atoms with van der Waals surface area (Å²) in [6.45, 7) is 7.95. The monoisotopic (exact) mass is 198 g/mol. The maximum Gasteiger partial charge on any atom is 0.225 e. The van der Waals surface area contributed by atoms with Gasteiger partial charge in [-0.1, -0.05) is 13.8 Å². The number of hydrogen-bond acceptors (Lipinski definition) is 2. The summed E-state index contributed by atoms with van der Waals surface area (Å²) in [7, 11) is 2.00. The Morgan fingerprint density at radius 3 is 2.21 bits per heavy atom. The topological polar surface area (TPSA) is 32.3 Å². The van der Waals surface area contributed by atoms with E-state index in [1.165, 1.54) is 0 Å². The quantitative estimate of drug-likeness (QED) is 0.724. The van der Waals surface area contributed by atoms with Crippen molar-refractivity contribution in [1.29, 1.82) is 0 Å². The van der Waals surface area contributed by atoms with Crippen LogP contribution >= 0.6 is 0 Å². The zero-order valence-corrected chi connectivity index (χ0v) is 9.76. The number of nitrogens with one attached hydrogen (secondary N) is 1. The number of hydrogen-bond donors (Lipinski definition) is 1. The Labute approximate surface area is 86.9 Å². The van der Waals surface area contributed by atoms with Crippen LogP contribution in [0, 0.1) is 5.92 Å². The molecule has 0 aromatic heterocycles. The summed E-state index contributed by atoms with van der Waals surface area (Å²) >= 11 is 0. The lowest BCUT2D eigenvalue weighted by Gasteiger charge is -2.39. The Bertz CT molecular complexity index is 205. The number of amides is 1. The van der Waals surface area contributed by atoms with Crippen molar-refractivity contribution in [1.82, 2.24) is 10.2 Å². The highest BCUT2D eigenvalue weighted by atomic mass is 16.2. The first-order chi connectivity index (χ1) is 6.48. The third-order valence-corrected chi connectivity index (χ3v) is 3.28. The van der Waals surface area contributed by atoms with Gasteiger partial charge in [-0.2, -0.15) is 0 Å². The molecule has 0 unspecified atom stereocenters. The maximum absolute atomic E-state index is 11.7. The average Bonchev–Trinajstić information content (AvgIpc) is 2.18. The van der Waals surface area contributed by atoms with Crippen LogP contribution in [-0.4, -0.2) is 36.5 Å². The molecule has 0 aromatic carbocycles. The van der Waals surface area contributed by atoms with Crippen LogP contribution in [-0.2, 0) is 4.79 Å². The van der Waals surface area contributed by atoms with Gasteiger partial charge >= 0.3 is 0 Å². The van der Waals surface area contributed by atoms with E-state index in [4.69, 9.17) is 0 Å². The van der Waals surface area contributed by atoms with Crippen LogP contribution in [0.25, 0.3) is 0 Å². The second kappa shape index (κ2) is 4.30. The number of carbonyl (C=O) groups excluding carboxylic acids is 1. The lowest BCUT2D eigenvalue weighted by Crippen LogP contribution is -2.52. The van der Waals surface area contributed by atoms with E-state index in [1.54, 1.807) is 0 Å². The molecule has 0 spiro atoms. The van der Waals surface area contributed by atoms with E-state index in [9.17, 15) is 4.79 Å². The van der Waals surface area contributed by atoms with Gasteiger partial charge in [-0.15, -0.1) is 0 Å². The minimum atomic E-state index is 0.133. The lowest BCUT2D eigenvalue weighted by molar-refractivity contribution is -0.136. The Hall–Kier alpha value is -0.570. The molecule has 0 aromatic rings. The second-order valence-electron chi connectivity index (χ2n) is 4.79. The molecule has 1 rings (SSSR count). The average molecular weight is 198 g/mol. The molecule has 0 radical (unpaired) electrons. The minimum absolute atomic E-state index is 0.133. The summed E-state index contributed by atoms with van der Waals surface area (Å²) in [5.74, 6) is 0.428. The molecule has 82 valence electrons. The molecule has 0 aliphatic carbocycles. The largest absolute Gasteiger partial charge is 0.342 e. The Kier molecular flexibility index (Phi) is 3.53. The number of nitrogens with zero attached hydrogens (tertiary/aromatic N) is 1. The molecule has 3 nitrogen and oxygen atoms in total. The van der Waals surface area contributed by atoms with Crippen LogP contribution in [0.2, 0.25) is 0 Å². The van der Waals surface area contributed by atoms with E-state index in [2.05, 4.69) is 12.2 Å². The summed E-state index contributed by atoms with van der Waals surface area (Å²) < 4.78 is 0. The number of rotatable bonds is 2. The molecular weight excluding hydrogens is 176 g/mol. The van der Waals surface area contributed by atoms with E-state index < -0.39 is 0 Å². The van der Waals surface area contributed by atoms with Crippen LogP contribution in [0.3, 0.4) is 0 Å². The van der Waals surface area contributed by atoms with Crippen LogP contribution in [0.15, 0.2) is 0 Å². The van der Waals surface area contributed by atoms with E-state index in [0.29, 0.717) is 5.91 Å². The van der Waals surface area contributed by atoms with Gasteiger partial charge < -0.3 is 10.2 Å². The molecule has 1 aliphatic rings. The number of carbonyl (C=O) groups is 1. The van der Waals surface area contributed by atoms with Crippen LogP contribution in [0.1, 0.15) is 33.6 Å². The third kappa shape index (κ3) is 2.47. The normalized spacial score (nSPS) is 21.4. The van der Waals surface area contributed by atoms with Gasteiger partial charge in [0.1, 0.15) is 0 Å². The number of likely N-dealkylation sites (tertiary alicyclic amines) is 1. The fourth-order valence-corrected chi connectivity index (χ4v) is 1.84. The van der Waals surface area contributed by atoms with Crippen molar-refractivity contribution in [2.45, 2.75) is 39.2 Å². The highest BCUT2D eigenvalue weighted by molar-refractivity contribution is 5.78. The number of piperidine rings is 1. The molecule has 1 fully saturated rings. The van der Waals surface area contributed by atoms with Gasteiger partial charge in [-0.3, -0.25) is 4.79 Å². The second-order valence-corrected chi connectivity index (χ2v) is 4.79. The third-order valence-electron chi connectivity index (χ3n) is 3.28. The molecule has 1 aliphatic heterocycles. The highest BCUT2D eigenvalue weighted by Crippen LogP contribution is 2.21. The molecule has 1 amide bonds. The van der Waals surface area contributed by atoms with Crippen LogP contribution < -0.4 is 5.32 Å². The Morgan fingerprint density at radius 1 is 1.36 bits per heavy atom. The van der Waals surface area contributed by atoms with Crippen LogP contribution in [0.5, 0.6) is 0 Å². The van der Waals surface area contributed by atoms with Crippen molar-refractivity contribution in [3.05, 3.63) is 0 Å². The van der Waals surface area contributed by atoms with Crippen molar-refractivity contribution >= 4 is 5.91 Å². The summed E-state index contributed by atoms with van der Waals surface area (Å²) in [6, 6.07) is 0. The first-order valence-electron chi connectivity index (χ1n) is 5.46. The SMILES string of the molecule is CNC1(C)CCN(C(=O)C(C)C)CC1. The van der Waals surface area contributed by atoms with Gasteiger partial charge in [0.2, 0.25) is 5.91 Å². The zero-order valence-electron chi connectivity index (χ0n) is 9.76. The van der Waals surface area contributed by atoms with Crippen LogP contribution in [0.4, 0.5) is 0 Å². The van der Waals surface area contributed by atoms with Crippen molar-refractivity contribution in [2.75, 3.05) is 20.1 Å². The highest BCUT2D eigenvalue weighted by Gasteiger charge is 2.30. The Balaban J connectivity index is 2.47. The maximum atomic E-state index is 11.7. The molecular formula is C11H22N2O. The van der Waals surface area contributed by atoms with E-state index >= 15 is 0 Å². The molecule has 0 bridgehead atoms. The molecule has 1 N–H and O–H groups in total. The van der Waals surface area contributed by atoms with E-state index in [1.807, 2.05) is 25.8 Å². The predicted octanol–water partition coefficient (Wildman–Crippen LogP) is 1.24. The van der Waals surface area contributed by atoms with Gasteiger partial charge in [-0.25, -0.2) is 0 Å². The smallest absolute Gasteiger partial charge is 0.225 e. The molecule has 14 heavy (non-hydrogen) atoms. The van der Waals surface area contributed by atoms with Gasteiger partial charge in [-0.05, 0) is 26.8 Å². The van der Waals surface area contributed by atoms with Gasteiger partial charge in [0.25, 0.3) is 0 Å². The van der Waals surface area contributed by atoms with Crippen molar-refractivity contribution in [2.24, 2.45) is 5.92 Å².